The van der Waals surface area contributed by atoms with E-state index in [2.05, 4.69) is 5.32 Å². The first-order valence-electron chi connectivity index (χ1n) is 14.8. The van der Waals surface area contributed by atoms with E-state index in [0.29, 0.717) is 6.07 Å². The number of carbonyl (C=O) groups is 3. The Morgan fingerprint density at radius 1 is 1.13 bits per heavy atom. The van der Waals surface area contributed by atoms with Gasteiger partial charge in [0, 0.05) is 37.5 Å². The van der Waals surface area contributed by atoms with Gasteiger partial charge >= 0.3 is 13.7 Å². The lowest BCUT2D eigenvalue weighted by Gasteiger charge is -2.45. The number of pyridine rings is 1. The second-order valence-electron chi connectivity index (χ2n) is 12.2. The molecule has 1 unspecified atom stereocenters. The van der Waals surface area contributed by atoms with E-state index in [1.165, 1.54) is 22.8 Å². The lowest BCUT2D eigenvalue weighted by molar-refractivity contribution is -0.00277. The number of hydrogen-bond donors (Lipinski definition) is 1. The van der Waals surface area contributed by atoms with Crippen LogP contribution in [0.15, 0.2) is 29.2 Å². The Kier molecular flexibility index (Phi) is 11.6. The number of amides is 2. The highest BCUT2D eigenvalue weighted by atomic mass is 31.2. The zero-order chi connectivity index (χ0) is 34.6. The number of aromatic nitrogens is 1. The van der Waals surface area contributed by atoms with Gasteiger partial charge in [-0.1, -0.05) is 19.9 Å². The molecule has 0 saturated heterocycles. The van der Waals surface area contributed by atoms with Crippen LogP contribution in [0.2, 0.25) is 0 Å². The lowest BCUT2D eigenvalue weighted by Crippen LogP contribution is -2.58. The molecule has 1 aliphatic heterocycles. The van der Waals surface area contributed by atoms with Crippen molar-refractivity contribution >= 4 is 25.4 Å². The number of rotatable bonds is 12. The van der Waals surface area contributed by atoms with Gasteiger partial charge in [-0.25, -0.2) is 13.6 Å². The summed E-state index contributed by atoms with van der Waals surface area (Å²) in [4.78, 5) is 55.6. The number of nitrogens with zero attached hydrogens (tertiary/aromatic N) is 2. The van der Waals surface area contributed by atoms with E-state index in [4.69, 9.17) is 18.5 Å². The van der Waals surface area contributed by atoms with Gasteiger partial charge in [0.25, 0.3) is 5.91 Å². The Labute approximate surface area is 266 Å². The number of fused-ring (bicyclic) bond motifs is 1. The number of Topliss-reactive ketones (excluding diaryl/α,β-unsaturated/α-hetero) is 1. The van der Waals surface area contributed by atoms with Crippen molar-refractivity contribution in [3.05, 3.63) is 63.1 Å². The summed E-state index contributed by atoms with van der Waals surface area (Å²) in [6.45, 7) is 11.2. The van der Waals surface area contributed by atoms with Gasteiger partial charge in [0.15, 0.2) is 11.5 Å². The number of nitrogens with one attached hydrogen (secondary N) is 1. The fourth-order valence-corrected chi connectivity index (χ4v) is 6.73. The SMILES string of the molecule is CCOP(=O)(CCN(C(=O)OC(C)(C)C)C1Cn2cc(C(=O)NCc3ccc(F)cc3F)c(=O)c(OC)c2C(=O)C1(C)C)OCC. The number of hydrogen-bond acceptors (Lipinski definition) is 9. The second-order valence-corrected chi connectivity index (χ2v) is 14.4. The highest BCUT2D eigenvalue weighted by Crippen LogP contribution is 2.48. The molecule has 2 amide bonds. The summed E-state index contributed by atoms with van der Waals surface area (Å²) in [6.07, 6.45) is 0.200. The van der Waals surface area contributed by atoms with Crippen LogP contribution in [0.25, 0.3) is 0 Å². The fourth-order valence-electron chi connectivity index (χ4n) is 5.15. The number of halogens is 2. The highest BCUT2D eigenvalue weighted by Gasteiger charge is 2.49. The van der Waals surface area contributed by atoms with Gasteiger partial charge < -0.3 is 33.3 Å². The maximum absolute atomic E-state index is 14.2. The van der Waals surface area contributed by atoms with Crippen LogP contribution in [0, 0.1) is 17.0 Å². The molecular formula is C31H42F2N3O9P. The molecule has 0 fully saturated rings. The Hall–Kier alpha value is -3.61. The molecule has 254 valence electrons. The van der Waals surface area contributed by atoms with Crippen LogP contribution in [-0.2, 0) is 31.4 Å². The molecule has 1 aliphatic rings. The summed E-state index contributed by atoms with van der Waals surface area (Å²) in [5.74, 6) is -3.49. The van der Waals surface area contributed by atoms with Crippen molar-refractivity contribution in [3.63, 3.8) is 0 Å². The van der Waals surface area contributed by atoms with E-state index in [1.807, 2.05) is 0 Å². The van der Waals surface area contributed by atoms with Gasteiger partial charge in [0.2, 0.25) is 5.43 Å². The summed E-state index contributed by atoms with van der Waals surface area (Å²) in [5, 5.41) is 2.44. The van der Waals surface area contributed by atoms with Crippen molar-refractivity contribution in [2.75, 3.05) is 33.0 Å². The minimum Gasteiger partial charge on any atom is -0.491 e. The third-order valence-electron chi connectivity index (χ3n) is 7.41. The lowest BCUT2D eigenvalue weighted by atomic mass is 9.75. The van der Waals surface area contributed by atoms with Crippen LogP contribution >= 0.6 is 7.60 Å². The quantitative estimate of drug-likeness (QED) is 0.303. The third kappa shape index (κ3) is 8.21. The molecule has 2 aromatic rings. The molecule has 0 bridgehead atoms. The van der Waals surface area contributed by atoms with Gasteiger partial charge in [-0.3, -0.25) is 18.9 Å². The molecule has 1 N–H and O–H groups in total. The summed E-state index contributed by atoms with van der Waals surface area (Å²) in [6, 6.07) is 1.95. The molecule has 3 rings (SSSR count). The number of ketones is 1. The maximum atomic E-state index is 14.2. The smallest absolute Gasteiger partial charge is 0.410 e. The molecule has 0 spiro atoms. The first-order chi connectivity index (χ1) is 21.4. The molecule has 1 atom stereocenters. The molecule has 0 radical (unpaired) electrons. The predicted molar refractivity (Wildman–Crippen MR) is 165 cm³/mol. The molecule has 1 aromatic carbocycles. The largest absolute Gasteiger partial charge is 0.491 e. The van der Waals surface area contributed by atoms with E-state index in [0.717, 1.165) is 12.1 Å². The van der Waals surface area contributed by atoms with Crippen molar-refractivity contribution in [3.8, 4) is 5.75 Å². The third-order valence-corrected chi connectivity index (χ3v) is 9.47. The fraction of sp³-hybridized carbons (Fsp3) is 0.548. The van der Waals surface area contributed by atoms with Crippen molar-refractivity contribution in [2.45, 2.75) is 73.2 Å². The van der Waals surface area contributed by atoms with E-state index in [1.54, 1.807) is 48.5 Å². The Morgan fingerprint density at radius 3 is 2.30 bits per heavy atom. The highest BCUT2D eigenvalue weighted by molar-refractivity contribution is 7.53. The first-order valence-corrected chi connectivity index (χ1v) is 16.6. The molecule has 46 heavy (non-hydrogen) atoms. The molecule has 0 aliphatic carbocycles. The zero-order valence-corrected chi connectivity index (χ0v) is 28.3. The van der Waals surface area contributed by atoms with Gasteiger partial charge in [-0.05, 0) is 40.7 Å². The van der Waals surface area contributed by atoms with Crippen LogP contribution in [0.1, 0.15) is 74.9 Å². The van der Waals surface area contributed by atoms with Crippen LogP contribution in [0.5, 0.6) is 5.75 Å². The van der Waals surface area contributed by atoms with Crippen molar-refractivity contribution < 1.29 is 46.3 Å². The van der Waals surface area contributed by atoms with Gasteiger partial charge in [0.05, 0.1) is 37.9 Å². The standard InChI is InChI=1S/C31H42F2N3O9P/c1-9-43-46(41,44-10-2)14-13-36(29(40)45-30(3,4)5)23-18-35-17-21(25(37)26(42-8)24(35)27(38)31(23,6)7)28(39)34-16-19-11-12-20(32)15-22(19)33/h11-12,15,17,23H,9-10,13-14,16,18H2,1-8H3,(H,34,39). The van der Waals surface area contributed by atoms with E-state index in [9.17, 15) is 32.5 Å². The maximum Gasteiger partial charge on any atom is 0.410 e. The normalized spacial score (nSPS) is 16.0. The first kappa shape index (κ1) is 36.9. The number of carbonyl (C=O) groups excluding carboxylic acids is 3. The van der Waals surface area contributed by atoms with Crippen LogP contribution < -0.4 is 15.5 Å². The zero-order valence-electron chi connectivity index (χ0n) is 27.4. The molecule has 2 heterocycles. The Morgan fingerprint density at radius 2 is 1.76 bits per heavy atom. The summed E-state index contributed by atoms with van der Waals surface area (Å²) in [5.41, 5.74) is -3.62. The molecule has 1 aromatic heterocycles. The van der Waals surface area contributed by atoms with Crippen LogP contribution in [-0.4, -0.2) is 71.9 Å². The Bertz CT molecular complexity index is 1580. The van der Waals surface area contributed by atoms with Gasteiger partial charge in [-0.15, -0.1) is 0 Å². The Balaban J connectivity index is 2.07. The van der Waals surface area contributed by atoms with E-state index >= 15 is 0 Å². The number of benzene rings is 1. The molecule has 0 saturated carbocycles. The van der Waals surface area contributed by atoms with Crippen molar-refractivity contribution in [2.24, 2.45) is 5.41 Å². The number of ether oxygens (including phenoxy) is 2. The average molecular weight is 670 g/mol. The molecule has 15 heteroatoms. The van der Waals surface area contributed by atoms with Crippen LogP contribution in [0.3, 0.4) is 0 Å². The van der Waals surface area contributed by atoms with E-state index in [-0.39, 0.29) is 56.0 Å². The molecule has 12 nitrogen and oxygen atoms in total. The number of methoxy groups -OCH3 is 1. The predicted octanol–water partition coefficient (Wildman–Crippen LogP) is 5.16. The van der Waals surface area contributed by atoms with Gasteiger partial charge in [0.1, 0.15) is 28.5 Å². The second kappa shape index (κ2) is 14.4. The van der Waals surface area contributed by atoms with Crippen molar-refractivity contribution in [1.29, 1.82) is 0 Å². The van der Waals surface area contributed by atoms with Gasteiger partial charge in [-0.2, -0.15) is 0 Å². The minimum absolute atomic E-state index is 0.0128. The summed E-state index contributed by atoms with van der Waals surface area (Å²) < 4.78 is 64.0. The molecular weight excluding hydrogens is 627 g/mol. The average Bonchev–Trinajstić information content (AvgIpc) is 2.94. The van der Waals surface area contributed by atoms with Crippen molar-refractivity contribution in [1.82, 2.24) is 14.8 Å². The summed E-state index contributed by atoms with van der Waals surface area (Å²) >= 11 is 0. The summed E-state index contributed by atoms with van der Waals surface area (Å²) in [7, 11) is -2.44. The van der Waals surface area contributed by atoms with Crippen LogP contribution in [0.4, 0.5) is 13.6 Å². The monoisotopic (exact) mass is 669 g/mol. The minimum atomic E-state index is -3.62. The topological polar surface area (TPSA) is 142 Å². The van der Waals surface area contributed by atoms with E-state index < -0.39 is 65.1 Å².